The number of aromatic nitrogens is 2. The van der Waals surface area contributed by atoms with Crippen LogP contribution in [0.4, 0.5) is 22.0 Å². The van der Waals surface area contributed by atoms with Crippen LogP contribution in [0.5, 0.6) is 5.75 Å². The number of fused-ring (bicyclic) bond motifs is 1. The van der Waals surface area contributed by atoms with Gasteiger partial charge in [-0.05, 0) is 96.8 Å². The Balaban J connectivity index is 1.86. The lowest BCUT2D eigenvalue weighted by Crippen LogP contribution is -2.36. The highest BCUT2D eigenvalue weighted by Crippen LogP contribution is 2.38. The van der Waals surface area contributed by atoms with Crippen molar-refractivity contribution in [3.8, 4) is 11.8 Å². The van der Waals surface area contributed by atoms with E-state index in [2.05, 4.69) is 21.8 Å². The van der Waals surface area contributed by atoms with Crippen molar-refractivity contribution in [1.29, 1.82) is 5.26 Å². The Bertz CT molecular complexity index is 1280. The van der Waals surface area contributed by atoms with Crippen molar-refractivity contribution < 1.29 is 14.3 Å². The average Bonchev–Trinajstić information content (AvgIpc) is 3.34. The lowest BCUT2D eigenvalue weighted by molar-refractivity contribution is 0.0597. The van der Waals surface area contributed by atoms with Gasteiger partial charge in [0.15, 0.2) is 0 Å². The molecule has 0 spiro atoms. The van der Waals surface area contributed by atoms with Crippen molar-refractivity contribution in [1.82, 2.24) is 14.9 Å². The number of rotatable bonds is 7. The Labute approximate surface area is 218 Å². The molecular formula is C28H36N6O3. The number of nitrogens with one attached hydrogen (secondary N) is 2. The zero-order chi connectivity index (χ0) is 26.6. The number of amides is 1. The van der Waals surface area contributed by atoms with Gasteiger partial charge in [0, 0.05) is 12.1 Å². The van der Waals surface area contributed by atoms with Gasteiger partial charge in [-0.3, -0.25) is 0 Å². The van der Waals surface area contributed by atoms with E-state index in [1.807, 2.05) is 58.9 Å². The molecule has 37 heavy (non-hydrogen) atoms. The second kappa shape index (κ2) is 11.1. The number of carbonyl (C=O) groups is 1. The first-order valence-electron chi connectivity index (χ1n) is 12.8. The van der Waals surface area contributed by atoms with Gasteiger partial charge in [-0.25, -0.2) is 14.2 Å². The number of anilines is 3. The first-order chi connectivity index (χ1) is 17.7. The minimum atomic E-state index is -0.709. The molecule has 1 atom stereocenters. The van der Waals surface area contributed by atoms with Crippen LogP contribution in [0.2, 0.25) is 0 Å². The van der Waals surface area contributed by atoms with Gasteiger partial charge >= 0.3 is 6.09 Å². The largest absolute Gasteiger partial charge is 0.494 e. The molecule has 3 aromatic rings. The monoisotopic (exact) mass is 504 g/mol. The molecule has 9 nitrogen and oxygen atoms in total. The van der Waals surface area contributed by atoms with Crippen LogP contribution in [-0.4, -0.2) is 47.5 Å². The van der Waals surface area contributed by atoms with Gasteiger partial charge in [0.2, 0.25) is 0 Å². The van der Waals surface area contributed by atoms with Crippen LogP contribution < -0.4 is 20.3 Å². The van der Waals surface area contributed by atoms with Crippen LogP contribution in [0.1, 0.15) is 51.7 Å². The van der Waals surface area contributed by atoms with E-state index >= 15 is 0 Å². The number of carbonyl (C=O) groups excluding carboxylic acids is 1. The molecule has 4 rings (SSSR count). The second-order valence-electron chi connectivity index (χ2n) is 10.3. The molecule has 1 unspecified atom stereocenters. The van der Waals surface area contributed by atoms with Crippen molar-refractivity contribution in [2.24, 2.45) is 5.92 Å². The molecule has 1 saturated heterocycles. The lowest BCUT2D eigenvalue weighted by Gasteiger charge is -2.30. The maximum atomic E-state index is 13.7. The Morgan fingerprint density at radius 3 is 2.68 bits per heavy atom. The SMILES string of the molecule is CCOc1ccc(N(C(=O)OC(C)(C)C)c2c(C)c(NCC3CCCNC3)c(C#N)c3ccnn23)cc1. The number of ether oxygens (including phenoxy) is 2. The van der Waals surface area contributed by atoms with Gasteiger partial charge in [-0.1, -0.05) is 0 Å². The molecule has 9 heteroatoms. The highest BCUT2D eigenvalue weighted by Gasteiger charge is 2.31. The summed E-state index contributed by atoms with van der Waals surface area (Å²) < 4.78 is 13.1. The van der Waals surface area contributed by atoms with Crippen molar-refractivity contribution in [2.45, 2.75) is 53.1 Å². The van der Waals surface area contributed by atoms with E-state index < -0.39 is 11.7 Å². The first-order valence-corrected chi connectivity index (χ1v) is 12.8. The zero-order valence-corrected chi connectivity index (χ0v) is 22.3. The topological polar surface area (TPSA) is 104 Å². The number of hydrogen-bond donors (Lipinski definition) is 2. The lowest BCUT2D eigenvalue weighted by atomic mass is 9.99. The normalized spacial score (nSPS) is 15.7. The third kappa shape index (κ3) is 5.81. The summed E-state index contributed by atoms with van der Waals surface area (Å²) in [6.07, 6.45) is 3.36. The molecule has 0 radical (unpaired) electrons. The molecule has 196 valence electrons. The molecule has 1 aromatic carbocycles. The van der Waals surface area contributed by atoms with E-state index in [1.54, 1.807) is 16.8 Å². The molecule has 1 fully saturated rings. The molecule has 2 aromatic heterocycles. The van der Waals surface area contributed by atoms with Gasteiger partial charge in [0.05, 0.1) is 29.7 Å². The van der Waals surface area contributed by atoms with Crippen molar-refractivity contribution >= 4 is 28.8 Å². The number of hydrogen-bond acceptors (Lipinski definition) is 7. The minimum Gasteiger partial charge on any atom is -0.494 e. The molecular weight excluding hydrogens is 468 g/mol. The average molecular weight is 505 g/mol. The van der Waals surface area contributed by atoms with Crippen LogP contribution in [-0.2, 0) is 4.74 Å². The summed E-state index contributed by atoms with van der Waals surface area (Å²) in [4.78, 5) is 15.2. The van der Waals surface area contributed by atoms with E-state index in [0.29, 0.717) is 46.5 Å². The van der Waals surface area contributed by atoms with Gasteiger partial charge in [0.25, 0.3) is 0 Å². The highest BCUT2D eigenvalue weighted by atomic mass is 16.6. The number of benzene rings is 1. The van der Waals surface area contributed by atoms with E-state index in [4.69, 9.17) is 9.47 Å². The third-order valence-corrected chi connectivity index (χ3v) is 6.33. The quantitative estimate of drug-likeness (QED) is 0.444. The van der Waals surface area contributed by atoms with Crippen LogP contribution in [0.25, 0.3) is 5.52 Å². The molecule has 0 aliphatic carbocycles. The summed E-state index contributed by atoms with van der Waals surface area (Å²) in [6, 6.07) is 11.4. The Morgan fingerprint density at radius 2 is 2.05 bits per heavy atom. The Hall–Kier alpha value is -3.77. The van der Waals surface area contributed by atoms with Crippen LogP contribution in [0, 0.1) is 24.2 Å². The maximum absolute atomic E-state index is 13.7. The van der Waals surface area contributed by atoms with Gasteiger partial charge in [-0.2, -0.15) is 10.4 Å². The fourth-order valence-corrected chi connectivity index (χ4v) is 4.67. The first kappa shape index (κ1) is 26.3. The summed E-state index contributed by atoms with van der Waals surface area (Å²) in [5, 5.41) is 21.6. The summed E-state index contributed by atoms with van der Waals surface area (Å²) in [5.74, 6) is 1.68. The summed E-state index contributed by atoms with van der Waals surface area (Å²) in [6.45, 7) is 12.6. The van der Waals surface area contributed by atoms with E-state index in [-0.39, 0.29) is 0 Å². The number of piperidine rings is 1. The highest BCUT2D eigenvalue weighted by molar-refractivity contribution is 5.98. The van der Waals surface area contributed by atoms with Crippen molar-refractivity contribution in [3.63, 3.8) is 0 Å². The standard InChI is InChI=1S/C28H36N6O3/c1-6-36-22-11-9-21(10-12-22)33(27(35)37-28(3,4)5)26-19(2)25(31-18-20-8-7-14-30-17-20)23(16-29)24-13-15-32-34(24)26/h9-13,15,20,30-31H,6-8,14,17-18H2,1-5H3. The fourth-order valence-electron chi connectivity index (χ4n) is 4.67. The van der Waals surface area contributed by atoms with E-state index in [0.717, 1.165) is 38.0 Å². The molecule has 1 aliphatic rings. The van der Waals surface area contributed by atoms with Gasteiger partial charge in [-0.15, -0.1) is 0 Å². The smallest absolute Gasteiger partial charge is 0.420 e. The summed E-state index contributed by atoms with van der Waals surface area (Å²) >= 11 is 0. The second-order valence-corrected chi connectivity index (χ2v) is 10.3. The molecule has 2 N–H and O–H groups in total. The third-order valence-electron chi connectivity index (χ3n) is 6.33. The van der Waals surface area contributed by atoms with Gasteiger partial charge in [0.1, 0.15) is 28.8 Å². The predicted octanol–water partition coefficient (Wildman–Crippen LogP) is 5.40. The minimum absolute atomic E-state index is 0.456. The Morgan fingerprint density at radius 1 is 1.30 bits per heavy atom. The molecule has 3 heterocycles. The molecule has 0 saturated carbocycles. The number of nitriles is 1. The maximum Gasteiger partial charge on any atom is 0.420 e. The van der Waals surface area contributed by atoms with Gasteiger partial charge < -0.3 is 20.1 Å². The summed E-state index contributed by atoms with van der Waals surface area (Å²) in [7, 11) is 0. The van der Waals surface area contributed by atoms with Crippen LogP contribution in [0.15, 0.2) is 36.5 Å². The van der Waals surface area contributed by atoms with Crippen LogP contribution in [0.3, 0.4) is 0 Å². The number of nitrogens with zero attached hydrogens (tertiary/aromatic N) is 4. The Kier molecular flexibility index (Phi) is 7.89. The summed E-state index contributed by atoms with van der Waals surface area (Å²) in [5.41, 5.74) is 2.45. The number of pyridine rings is 1. The van der Waals surface area contributed by atoms with E-state index in [9.17, 15) is 10.1 Å². The van der Waals surface area contributed by atoms with Crippen molar-refractivity contribution in [3.05, 3.63) is 47.7 Å². The van der Waals surface area contributed by atoms with Crippen LogP contribution >= 0.6 is 0 Å². The molecule has 1 amide bonds. The zero-order valence-electron chi connectivity index (χ0n) is 22.3. The van der Waals surface area contributed by atoms with E-state index in [1.165, 1.54) is 4.90 Å². The fraction of sp³-hybridized carbons (Fsp3) is 0.464. The van der Waals surface area contributed by atoms with Crippen molar-refractivity contribution in [2.75, 3.05) is 36.5 Å². The molecule has 1 aliphatic heterocycles. The predicted molar refractivity (Wildman–Crippen MR) is 145 cm³/mol. The molecule has 0 bridgehead atoms.